The van der Waals surface area contributed by atoms with Crippen LogP contribution in [0, 0.1) is 5.92 Å². The zero-order chi connectivity index (χ0) is 11.3. The number of hydrazine groups is 1. The summed E-state index contributed by atoms with van der Waals surface area (Å²) in [6.45, 7) is 4.43. The highest BCUT2D eigenvalue weighted by atomic mass is 15.2. The molecular weight excluding hydrogens is 188 g/mol. The first kappa shape index (κ1) is 12.2. The van der Waals surface area contributed by atoms with Crippen LogP contribution in [0.2, 0.25) is 0 Å². The van der Waals surface area contributed by atoms with Crippen LogP contribution in [0.15, 0.2) is 12.4 Å². The van der Waals surface area contributed by atoms with Gasteiger partial charge in [-0.1, -0.05) is 13.8 Å². The summed E-state index contributed by atoms with van der Waals surface area (Å²) in [4.78, 5) is 4.30. The molecule has 1 rings (SSSR count). The Morgan fingerprint density at radius 2 is 2.27 bits per heavy atom. The number of nitrogens with zero attached hydrogens (tertiary/aromatic N) is 2. The third-order valence-electron chi connectivity index (χ3n) is 2.63. The smallest absolute Gasteiger partial charge is 0.108 e. The van der Waals surface area contributed by atoms with E-state index in [1.807, 2.05) is 19.4 Å². The van der Waals surface area contributed by atoms with Gasteiger partial charge in [0, 0.05) is 31.9 Å². The molecule has 0 saturated heterocycles. The van der Waals surface area contributed by atoms with Crippen molar-refractivity contribution in [3.8, 4) is 0 Å². The molecule has 0 saturated carbocycles. The highest BCUT2D eigenvalue weighted by molar-refractivity contribution is 4.91. The number of nitrogens with one attached hydrogen (secondary N) is 1. The Balaban J connectivity index is 2.37. The van der Waals surface area contributed by atoms with E-state index >= 15 is 0 Å². The van der Waals surface area contributed by atoms with Crippen molar-refractivity contribution >= 4 is 0 Å². The summed E-state index contributed by atoms with van der Waals surface area (Å²) >= 11 is 0. The van der Waals surface area contributed by atoms with Gasteiger partial charge in [0.1, 0.15) is 5.82 Å². The molecule has 86 valence electrons. The fraction of sp³-hybridized carbons (Fsp3) is 0.727. The van der Waals surface area contributed by atoms with Crippen LogP contribution in [0.5, 0.6) is 0 Å². The predicted molar refractivity (Wildman–Crippen MR) is 62.1 cm³/mol. The maximum Gasteiger partial charge on any atom is 0.108 e. The normalized spacial score (nSPS) is 13.4. The number of nitrogens with two attached hydrogens (primary N) is 1. The number of hydrogen-bond acceptors (Lipinski definition) is 3. The molecule has 4 nitrogen and oxygen atoms in total. The van der Waals surface area contributed by atoms with Crippen LogP contribution in [-0.2, 0) is 13.5 Å². The van der Waals surface area contributed by atoms with E-state index in [-0.39, 0.29) is 0 Å². The Morgan fingerprint density at radius 3 is 2.73 bits per heavy atom. The van der Waals surface area contributed by atoms with Crippen LogP contribution in [0.4, 0.5) is 0 Å². The summed E-state index contributed by atoms with van der Waals surface area (Å²) < 4.78 is 2.06. The molecule has 0 aromatic carbocycles. The first-order valence-corrected chi connectivity index (χ1v) is 5.55. The van der Waals surface area contributed by atoms with Gasteiger partial charge in [-0.15, -0.1) is 0 Å². The largest absolute Gasteiger partial charge is 0.338 e. The molecule has 1 aromatic heterocycles. The maximum atomic E-state index is 5.52. The summed E-state index contributed by atoms with van der Waals surface area (Å²) in [5, 5.41) is 0. The summed E-state index contributed by atoms with van der Waals surface area (Å²) in [6.07, 6.45) is 6.94. The Kier molecular flexibility index (Phi) is 4.78. The van der Waals surface area contributed by atoms with Gasteiger partial charge in [0.25, 0.3) is 0 Å². The molecule has 4 heteroatoms. The minimum absolute atomic E-state index is 0.390. The molecule has 0 radical (unpaired) electrons. The van der Waals surface area contributed by atoms with Gasteiger partial charge in [-0.25, -0.2) is 4.98 Å². The molecule has 0 amide bonds. The van der Waals surface area contributed by atoms with Crippen LogP contribution in [-0.4, -0.2) is 15.6 Å². The number of aromatic nitrogens is 2. The van der Waals surface area contributed by atoms with Gasteiger partial charge >= 0.3 is 0 Å². The summed E-state index contributed by atoms with van der Waals surface area (Å²) in [5.74, 6) is 7.32. The van der Waals surface area contributed by atoms with Crippen LogP contribution >= 0.6 is 0 Å². The van der Waals surface area contributed by atoms with Crippen molar-refractivity contribution in [1.82, 2.24) is 15.0 Å². The quantitative estimate of drug-likeness (QED) is 0.548. The lowest BCUT2D eigenvalue weighted by Crippen LogP contribution is -2.36. The Labute approximate surface area is 91.8 Å². The molecule has 15 heavy (non-hydrogen) atoms. The Hall–Kier alpha value is -0.870. The van der Waals surface area contributed by atoms with E-state index in [4.69, 9.17) is 5.84 Å². The van der Waals surface area contributed by atoms with Crippen LogP contribution in [0.1, 0.15) is 32.5 Å². The van der Waals surface area contributed by atoms with E-state index in [2.05, 4.69) is 28.8 Å². The fourth-order valence-electron chi connectivity index (χ4n) is 1.78. The molecule has 0 fully saturated rings. The van der Waals surface area contributed by atoms with Crippen LogP contribution < -0.4 is 11.3 Å². The monoisotopic (exact) mass is 210 g/mol. The van der Waals surface area contributed by atoms with Crippen LogP contribution in [0.3, 0.4) is 0 Å². The van der Waals surface area contributed by atoms with Gasteiger partial charge in [0.15, 0.2) is 0 Å². The van der Waals surface area contributed by atoms with E-state index < -0.39 is 0 Å². The lowest BCUT2D eigenvalue weighted by molar-refractivity contribution is 0.401. The zero-order valence-corrected chi connectivity index (χ0v) is 9.90. The average Bonchev–Trinajstić information content (AvgIpc) is 2.58. The van der Waals surface area contributed by atoms with Gasteiger partial charge in [-0.3, -0.25) is 11.3 Å². The second kappa shape index (κ2) is 5.88. The summed E-state index contributed by atoms with van der Waals surface area (Å²) in [5.41, 5.74) is 2.88. The topological polar surface area (TPSA) is 55.9 Å². The first-order chi connectivity index (χ1) is 7.13. The molecule has 1 unspecified atom stereocenters. The van der Waals surface area contributed by atoms with Gasteiger partial charge in [0.05, 0.1) is 0 Å². The third kappa shape index (κ3) is 4.01. The third-order valence-corrected chi connectivity index (χ3v) is 2.63. The second-order valence-corrected chi connectivity index (χ2v) is 4.49. The highest BCUT2D eigenvalue weighted by Crippen LogP contribution is 2.10. The van der Waals surface area contributed by atoms with E-state index in [1.54, 1.807) is 0 Å². The van der Waals surface area contributed by atoms with Crippen molar-refractivity contribution in [2.45, 2.75) is 39.2 Å². The number of aryl methyl sites for hydroxylation is 2. The average molecular weight is 210 g/mol. The number of rotatable bonds is 6. The molecule has 0 aliphatic carbocycles. The summed E-state index contributed by atoms with van der Waals surface area (Å²) in [6, 6.07) is 0.390. The molecular formula is C11H22N4. The standard InChI is InChI=1S/C11H22N4/c1-9(2)8-10(14-12)4-5-11-13-6-7-15(11)3/h6-7,9-10,14H,4-5,8,12H2,1-3H3. The number of hydrogen-bond donors (Lipinski definition) is 2. The van der Waals surface area contributed by atoms with Gasteiger partial charge < -0.3 is 4.57 Å². The molecule has 0 aliphatic rings. The van der Waals surface area contributed by atoms with E-state index in [0.717, 1.165) is 25.1 Å². The molecule has 0 bridgehead atoms. The van der Waals surface area contributed by atoms with Crippen molar-refractivity contribution in [3.05, 3.63) is 18.2 Å². The minimum Gasteiger partial charge on any atom is -0.338 e. The SMILES string of the molecule is CC(C)CC(CCc1nccn1C)NN. The van der Waals surface area contributed by atoms with E-state index in [0.29, 0.717) is 12.0 Å². The van der Waals surface area contributed by atoms with Gasteiger partial charge in [-0.2, -0.15) is 0 Å². The molecule has 1 atom stereocenters. The van der Waals surface area contributed by atoms with Crippen molar-refractivity contribution in [2.24, 2.45) is 18.8 Å². The zero-order valence-electron chi connectivity index (χ0n) is 9.90. The highest BCUT2D eigenvalue weighted by Gasteiger charge is 2.10. The maximum absolute atomic E-state index is 5.52. The van der Waals surface area contributed by atoms with Crippen molar-refractivity contribution in [1.29, 1.82) is 0 Å². The van der Waals surface area contributed by atoms with Crippen molar-refractivity contribution < 1.29 is 0 Å². The van der Waals surface area contributed by atoms with Gasteiger partial charge in [-0.05, 0) is 18.8 Å². The lowest BCUT2D eigenvalue weighted by atomic mass is 10.0. The minimum atomic E-state index is 0.390. The van der Waals surface area contributed by atoms with E-state index in [1.165, 1.54) is 0 Å². The predicted octanol–water partition coefficient (Wildman–Crippen LogP) is 1.23. The summed E-state index contributed by atoms with van der Waals surface area (Å²) in [7, 11) is 2.02. The second-order valence-electron chi connectivity index (χ2n) is 4.49. The first-order valence-electron chi connectivity index (χ1n) is 5.55. The molecule has 0 spiro atoms. The fourth-order valence-corrected chi connectivity index (χ4v) is 1.78. The molecule has 1 heterocycles. The number of imidazole rings is 1. The van der Waals surface area contributed by atoms with Gasteiger partial charge in [0.2, 0.25) is 0 Å². The molecule has 0 aliphatic heterocycles. The lowest BCUT2D eigenvalue weighted by Gasteiger charge is -2.17. The Bertz CT molecular complexity index is 280. The van der Waals surface area contributed by atoms with E-state index in [9.17, 15) is 0 Å². The Morgan fingerprint density at radius 1 is 1.53 bits per heavy atom. The molecule has 3 N–H and O–H groups in total. The van der Waals surface area contributed by atoms with Crippen molar-refractivity contribution in [3.63, 3.8) is 0 Å². The van der Waals surface area contributed by atoms with Crippen molar-refractivity contribution in [2.75, 3.05) is 0 Å². The van der Waals surface area contributed by atoms with Crippen LogP contribution in [0.25, 0.3) is 0 Å². The molecule has 1 aromatic rings.